The summed E-state index contributed by atoms with van der Waals surface area (Å²) in [6.07, 6.45) is 0.848. The van der Waals surface area contributed by atoms with Gasteiger partial charge in [0.1, 0.15) is 19.0 Å². The summed E-state index contributed by atoms with van der Waals surface area (Å²) in [7, 11) is 0. The van der Waals surface area contributed by atoms with Crippen molar-refractivity contribution in [1.82, 2.24) is 4.90 Å². The van der Waals surface area contributed by atoms with Crippen LogP contribution in [0.1, 0.15) is 20.3 Å². The number of amidine groups is 1. The van der Waals surface area contributed by atoms with Gasteiger partial charge in [-0.05, 0) is 5.92 Å². The maximum atomic E-state index is 14.0. The second kappa shape index (κ2) is 6.19. The molecule has 0 saturated carbocycles. The smallest absolute Gasteiger partial charge is 0.200 e. The molecule has 2 heterocycles. The highest BCUT2D eigenvalue weighted by Gasteiger charge is 2.39. The number of nitrogens with zero attached hydrogens (tertiary/aromatic N) is 3. The lowest BCUT2D eigenvalue weighted by Crippen LogP contribution is -2.51. The molecule has 0 bridgehead atoms. The fourth-order valence-corrected chi connectivity index (χ4v) is 2.91. The van der Waals surface area contributed by atoms with E-state index in [2.05, 4.69) is 5.10 Å². The molecule has 0 aliphatic carbocycles. The van der Waals surface area contributed by atoms with Gasteiger partial charge in [0.2, 0.25) is 5.82 Å². The Kier molecular flexibility index (Phi) is 4.37. The Balaban J connectivity index is 1.98. The van der Waals surface area contributed by atoms with Crippen LogP contribution in [0.2, 0.25) is 0 Å². The molecule has 2 atom stereocenters. The van der Waals surface area contributed by atoms with Gasteiger partial charge in [-0.25, -0.2) is 27.0 Å². The molecule has 2 aliphatic rings. The molecule has 1 aromatic carbocycles. The first kappa shape index (κ1) is 16.9. The normalized spacial score (nSPS) is 21.8. The van der Waals surface area contributed by atoms with E-state index in [4.69, 9.17) is 4.74 Å². The Bertz CT molecular complexity index is 667. The Morgan fingerprint density at radius 1 is 1.08 bits per heavy atom. The van der Waals surface area contributed by atoms with Crippen LogP contribution in [-0.4, -0.2) is 36.7 Å². The van der Waals surface area contributed by atoms with Gasteiger partial charge in [-0.15, -0.1) is 0 Å². The third-order valence-electron chi connectivity index (χ3n) is 4.52. The molecule has 4 nitrogen and oxygen atoms in total. The minimum absolute atomic E-state index is 0.0752. The number of halogens is 5. The predicted octanol–water partition coefficient (Wildman–Crippen LogP) is 3.22. The van der Waals surface area contributed by atoms with E-state index in [1.807, 2.05) is 13.8 Å². The number of rotatable bonds is 3. The van der Waals surface area contributed by atoms with Gasteiger partial charge >= 0.3 is 0 Å². The number of morpholine rings is 1. The Morgan fingerprint density at radius 2 is 1.67 bits per heavy atom. The topological polar surface area (TPSA) is 28.1 Å². The van der Waals surface area contributed by atoms with Gasteiger partial charge in [-0.2, -0.15) is 5.10 Å². The van der Waals surface area contributed by atoms with Gasteiger partial charge < -0.3 is 9.64 Å². The van der Waals surface area contributed by atoms with Crippen molar-refractivity contribution in [3.8, 4) is 0 Å². The predicted molar refractivity (Wildman–Crippen MR) is 76.9 cm³/mol. The van der Waals surface area contributed by atoms with Crippen LogP contribution in [0.15, 0.2) is 5.10 Å². The zero-order chi connectivity index (χ0) is 17.6. The second-order valence-corrected chi connectivity index (χ2v) is 5.91. The lowest BCUT2D eigenvalue weighted by atomic mass is 9.97. The van der Waals surface area contributed by atoms with Crippen molar-refractivity contribution in [2.24, 2.45) is 11.0 Å². The highest BCUT2D eigenvalue weighted by Crippen LogP contribution is 2.34. The lowest BCUT2D eigenvalue weighted by molar-refractivity contribution is 0.0517. The van der Waals surface area contributed by atoms with Crippen molar-refractivity contribution in [2.75, 3.05) is 24.9 Å². The number of anilines is 1. The SMILES string of the molecule is CCC(C)[C@H]1COCC2=NN(c3c(F)c(F)c(F)c(F)c3F)CN21. The van der Waals surface area contributed by atoms with E-state index >= 15 is 0 Å². The fraction of sp³-hybridized carbons (Fsp3) is 0.533. The van der Waals surface area contributed by atoms with E-state index in [1.165, 1.54) is 0 Å². The molecule has 2 aliphatic heterocycles. The summed E-state index contributed by atoms with van der Waals surface area (Å²) in [5, 5.41) is 4.80. The Labute approximate surface area is 135 Å². The fourth-order valence-electron chi connectivity index (χ4n) is 2.91. The van der Waals surface area contributed by atoms with Crippen LogP contribution < -0.4 is 5.01 Å². The van der Waals surface area contributed by atoms with E-state index in [9.17, 15) is 22.0 Å². The van der Waals surface area contributed by atoms with E-state index in [-0.39, 0.29) is 25.2 Å². The van der Waals surface area contributed by atoms with Crippen LogP contribution in [0, 0.1) is 35.0 Å². The Hall–Kier alpha value is -1.90. The molecule has 0 amide bonds. The molecule has 0 N–H and O–H groups in total. The summed E-state index contributed by atoms with van der Waals surface area (Å²) >= 11 is 0. The van der Waals surface area contributed by atoms with E-state index in [0.717, 1.165) is 11.4 Å². The van der Waals surface area contributed by atoms with Crippen molar-refractivity contribution in [3.63, 3.8) is 0 Å². The minimum Gasteiger partial charge on any atom is -0.371 e. The quantitative estimate of drug-likeness (QED) is 0.477. The third-order valence-corrected chi connectivity index (χ3v) is 4.52. The van der Waals surface area contributed by atoms with Gasteiger partial charge in [-0.3, -0.25) is 0 Å². The molecule has 132 valence electrons. The van der Waals surface area contributed by atoms with Gasteiger partial charge in [0, 0.05) is 0 Å². The maximum Gasteiger partial charge on any atom is 0.200 e. The molecule has 0 radical (unpaired) electrons. The first-order valence-corrected chi connectivity index (χ1v) is 7.57. The average Bonchev–Trinajstić information content (AvgIpc) is 3.01. The van der Waals surface area contributed by atoms with Crippen molar-refractivity contribution in [3.05, 3.63) is 29.1 Å². The summed E-state index contributed by atoms with van der Waals surface area (Å²) < 4.78 is 73.4. The zero-order valence-electron chi connectivity index (χ0n) is 13.1. The number of hydrazone groups is 1. The number of ether oxygens (including phenoxy) is 1. The van der Waals surface area contributed by atoms with Crippen molar-refractivity contribution >= 4 is 11.5 Å². The van der Waals surface area contributed by atoms with Crippen molar-refractivity contribution in [2.45, 2.75) is 26.3 Å². The summed E-state index contributed by atoms with van der Waals surface area (Å²) in [6, 6.07) is -0.0752. The van der Waals surface area contributed by atoms with Gasteiger partial charge in [0.25, 0.3) is 0 Å². The number of fused-ring (bicyclic) bond motifs is 1. The first-order valence-electron chi connectivity index (χ1n) is 7.57. The first-order chi connectivity index (χ1) is 11.4. The molecule has 1 aromatic rings. The average molecular weight is 349 g/mol. The third kappa shape index (κ3) is 2.51. The zero-order valence-corrected chi connectivity index (χ0v) is 13.1. The molecule has 0 spiro atoms. The van der Waals surface area contributed by atoms with Crippen LogP contribution in [0.5, 0.6) is 0 Å². The largest absolute Gasteiger partial charge is 0.371 e. The summed E-state index contributed by atoms with van der Waals surface area (Å²) in [6.45, 7) is 4.44. The van der Waals surface area contributed by atoms with Gasteiger partial charge in [0.05, 0.1) is 12.6 Å². The summed E-state index contributed by atoms with van der Waals surface area (Å²) in [5.74, 6) is -9.30. The number of hydrogen-bond donors (Lipinski definition) is 0. The lowest BCUT2D eigenvalue weighted by Gasteiger charge is -2.37. The van der Waals surface area contributed by atoms with E-state index < -0.39 is 34.8 Å². The Morgan fingerprint density at radius 3 is 2.25 bits per heavy atom. The van der Waals surface area contributed by atoms with Crippen LogP contribution >= 0.6 is 0 Å². The molecule has 0 aromatic heterocycles. The highest BCUT2D eigenvalue weighted by atomic mass is 19.2. The van der Waals surface area contributed by atoms with Crippen molar-refractivity contribution in [1.29, 1.82) is 0 Å². The van der Waals surface area contributed by atoms with Gasteiger partial charge in [0.15, 0.2) is 29.1 Å². The maximum absolute atomic E-state index is 14.0. The molecule has 3 rings (SSSR count). The minimum atomic E-state index is -2.18. The molecular formula is C15H16F5N3O. The highest BCUT2D eigenvalue weighted by molar-refractivity contribution is 5.87. The molecule has 9 heteroatoms. The monoisotopic (exact) mass is 349 g/mol. The van der Waals surface area contributed by atoms with Gasteiger partial charge in [-0.1, -0.05) is 20.3 Å². The number of hydrogen-bond acceptors (Lipinski definition) is 4. The molecular weight excluding hydrogens is 333 g/mol. The van der Waals surface area contributed by atoms with Crippen LogP contribution in [0.25, 0.3) is 0 Å². The molecule has 1 saturated heterocycles. The molecule has 1 unspecified atom stereocenters. The van der Waals surface area contributed by atoms with Crippen molar-refractivity contribution < 1.29 is 26.7 Å². The second-order valence-electron chi connectivity index (χ2n) is 5.91. The number of benzene rings is 1. The standard InChI is InChI=1S/C15H16F5N3O/c1-3-7(2)8-4-24-5-9-21-23(6-22(8)9)15-13(19)11(17)10(16)12(18)14(15)20/h7-8H,3-6H2,1-2H3/t7?,8-/m1/s1. The summed E-state index contributed by atoms with van der Waals surface area (Å²) in [5.41, 5.74) is -1.05. The van der Waals surface area contributed by atoms with Crippen LogP contribution in [0.3, 0.4) is 0 Å². The van der Waals surface area contributed by atoms with E-state index in [0.29, 0.717) is 12.4 Å². The van der Waals surface area contributed by atoms with Crippen LogP contribution in [-0.2, 0) is 4.74 Å². The molecule has 1 fully saturated rings. The molecule has 24 heavy (non-hydrogen) atoms. The summed E-state index contributed by atoms with van der Waals surface area (Å²) in [4.78, 5) is 1.79. The van der Waals surface area contributed by atoms with E-state index in [1.54, 1.807) is 4.90 Å². The van der Waals surface area contributed by atoms with Crippen LogP contribution in [0.4, 0.5) is 27.6 Å².